The van der Waals surface area contributed by atoms with Crippen LogP contribution in [-0.4, -0.2) is 12.1 Å². The first-order valence-electron chi connectivity index (χ1n) is 5.79. The smallest absolute Gasteiger partial charge is 0.219 e. The predicted molar refractivity (Wildman–Crippen MR) is 66.2 cm³/mol. The number of nitrogens with zero attached hydrogens (tertiary/aromatic N) is 1. The highest BCUT2D eigenvalue weighted by atomic mass is 16.5. The third-order valence-electron chi connectivity index (χ3n) is 2.79. The Morgan fingerprint density at radius 2 is 2.17 bits per heavy atom. The number of amides is 1. The molecule has 2 atom stereocenters. The lowest BCUT2D eigenvalue weighted by Crippen LogP contribution is -2.38. The second-order valence-electron chi connectivity index (χ2n) is 4.20. The van der Waals surface area contributed by atoms with Crippen molar-refractivity contribution in [3.8, 4) is 6.07 Å². The van der Waals surface area contributed by atoms with Crippen LogP contribution in [0.4, 0.5) is 0 Å². The van der Waals surface area contributed by atoms with E-state index < -0.39 is 6.23 Å². The zero-order valence-corrected chi connectivity index (χ0v) is 10.1. The van der Waals surface area contributed by atoms with Crippen LogP contribution in [0.1, 0.15) is 24.8 Å². The van der Waals surface area contributed by atoms with E-state index in [4.69, 9.17) is 10.00 Å². The first-order valence-corrected chi connectivity index (χ1v) is 5.79. The van der Waals surface area contributed by atoms with Gasteiger partial charge in [0, 0.05) is 19.3 Å². The molecule has 0 aromatic heterocycles. The zero-order valence-electron chi connectivity index (χ0n) is 10.1. The number of nitriles is 1. The van der Waals surface area contributed by atoms with Gasteiger partial charge in [-0.3, -0.25) is 4.79 Å². The van der Waals surface area contributed by atoms with Crippen LogP contribution in [0.2, 0.25) is 0 Å². The molecule has 0 saturated heterocycles. The molecule has 0 saturated carbocycles. The molecule has 1 aliphatic heterocycles. The van der Waals surface area contributed by atoms with Gasteiger partial charge in [0.15, 0.2) is 12.0 Å². The summed E-state index contributed by atoms with van der Waals surface area (Å²) >= 11 is 0. The van der Waals surface area contributed by atoms with Crippen LogP contribution >= 0.6 is 0 Å². The molecule has 1 aliphatic rings. The Labute approximate surface area is 106 Å². The molecule has 18 heavy (non-hydrogen) atoms. The van der Waals surface area contributed by atoms with Crippen LogP contribution in [0.15, 0.2) is 42.2 Å². The zero-order chi connectivity index (χ0) is 13.0. The SMILES string of the molecule is CC(=O)N[C@@H]1C[C@H](c2ccccc2)C=C(C#N)O1. The van der Waals surface area contributed by atoms with Gasteiger partial charge in [0.05, 0.1) is 0 Å². The number of benzene rings is 1. The van der Waals surface area contributed by atoms with E-state index in [2.05, 4.69) is 5.32 Å². The number of allylic oxidation sites excluding steroid dienone is 2. The Morgan fingerprint density at radius 3 is 2.78 bits per heavy atom. The summed E-state index contributed by atoms with van der Waals surface area (Å²) in [5.41, 5.74) is 1.11. The van der Waals surface area contributed by atoms with Gasteiger partial charge in [-0.05, 0) is 11.6 Å². The standard InChI is InChI=1S/C14H14N2O2/c1-10(17)16-14-8-12(7-13(9-15)18-14)11-5-3-2-4-6-11/h2-7,12,14H,8H2,1H3,(H,16,17)/t12-,14+/m1/s1. The summed E-state index contributed by atoms with van der Waals surface area (Å²) in [5.74, 6) is 0.186. The fourth-order valence-corrected chi connectivity index (χ4v) is 2.03. The summed E-state index contributed by atoms with van der Waals surface area (Å²) in [7, 11) is 0. The molecule has 0 spiro atoms. The van der Waals surface area contributed by atoms with Crippen LogP contribution in [-0.2, 0) is 9.53 Å². The largest absolute Gasteiger partial charge is 0.461 e. The van der Waals surface area contributed by atoms with Crippen LogP contribution in [0.5, 0.6) is 0 Å². The van der Waals surface area contributed by atoms with Crippen molar-refractivity contribution in [2.24, 2.45) is 0 Å². The molecule has 92 valence electrons. The number of ether oxygens (including phenoxy) is 1. The van der Waals surface area contributed by atoms with Crippen LogP contribution in [0, 0.1) is 11.3 Å². The monoisotopic (exact) mass is 242 g/mol. The van der Waals surface area contributed by atoms with Crippen LogP contribution in [0.3, 0.4) is 0 Å². The van der Waals surface area contributed by atoms with Gasteiger partial charge < -0.3 is 10.1 Å². The maximum atomic E-state index is 11.1. The second kappa shape index (κ2) is 5.37. The van der Waals surface area contributed by atoms with Gasteiger partial charge in [0.25, 0.3) is 0 Å². The highest BCUT2D eigenvalue weighted by molar-refractivity contribution is 5.73. The quantitative estimate of drug-likeness (QED) is 0.863. The molecule has 1 amide bonds. The molecule has 4 heteroatoms. The third kappa shape index (κ3) is 2.89. The van der Waals surface area contributed by atoms with Gasteiger partial charge in [0.1, 0.15) is 6.07 Å². The fraction of sp³-hybridized carbons (Fsp3) is 0.286. The van der Waals surface area contributed by atoms with Crippen molar-refractivity contribution in [2.45, 2.75) is 25.5 Å². The summed E-state index contributed by atoms with van der Waals surface area (Å²) in [6.07, 6.45) is 2.00. The molecule has 2 rings (SSSR count). The van der Waals surface area contributed by atoms with Gasteiger partial charge in [0.2, 0.25) is 5.91 Å². The number of rotatable bonds is 2. The molecule has 1 N–H and O–H groups in total. The minimum absolute atomic E-state index is 0.0893. The highest BCUT2D eigenvalue weighted by Gasteiger charge is 2.25. The van der Waals surface area contributed by atoms with E-state index in [1.165, 1.54) is 6.92 Å². The molecule has 0 aliphatic carbocycles. The molecule has 0 unspecified atom stereocenters. The normalized spacial score (nSPS) is 22.3. The van der Waals surface area contributed by atoms with E-state index in [9.17, 15) is 4.79 Å². The third-order valence-corrected chi connectivity index (χ3v) is 2.79. The Balaban J connectivity index is 2.20. The van der Waals surface area contributed by atoms with Gasteiger partial charge in [-0.2, -0.15) is 5.26 Å². The molecule has 0 fully saturated rings. The van der Waals surface area contributed by atoms with E-state index >= 15 is 0 Å². The van der Waals surface area contributed by atoms with Crippen molar-refractivity contribution in [3.05, 3.63) is 47.7 Å². The first-order chi connectivity index (χ1) is 8.69. The molecule has 1 heterocycles. The fourth-order valence-electron chi connectivity index (χ4n) is 2.03. The Morgan fingerprint density at radius 1 is 1.44 bits per heavy atom. The van der Waals surface area contributed by atoms with Gasteiger partial charge in [-0.1, -0.05) is 30.3 Å². The number of carbonyl (C=O) groups is 1. The van der Waals surface area contributed by atoms with Crippen LogP contribution < -0.4 is 5.32 Å². The number of hydrogen-bond donors (Lipinski definition) is 1. The van der Waals surface area contributed by atoms with E-state index in [0.29, 0.717) is 6.42 Å². The maximum Gasteiger partial charge on any atom is 0.219 e. The molecular formula is C14H14N2O2. The average Bonchev–Trinajstić information content (AvgIpc) is 2.38. The Hall–Kier alpha value is -2.28. The number of nitrogens with one attached hydrogen (secondary N) is 1. The summed E-state index contributed by atoms with van der Waals surface area (Å²) in [5, 5.41) is 11.6. The molecular weight excluding hydrogens is 228 g/mol. The number of hydrogen-bond acceptors (Lipinski definition) is 3. The molecule has 1 aromatic carbocycles. The minimum atomic E-state index is -0.438. The van der Waals surface area contributed by atoms with E-state index in [1.54, 1.807) is 6.08 Å². The maximum absolute atomic E-state index is 11.1. The van der Waals surface area contributed by atoms with Gasteiger partial charge in [-0.15, -0.1) is 0 Å². The lowest BCUT2D eigenvalue weighted by molar-refractivity contribution is -0.122. The summed E-state index contributed by atoms with van der Waals surface area (Å²) < 4.78 is 5.37. The van der Waals surface area contributed by atoms with Crippen molar-refractivity contribution in [3.63, 3.8) is 0 Å². The molecule has 0 radical (unpaired) electrons. The van der Waals surface area contributed by atoms with Crippen molar-refractivity contribution in [1.82, 2.24) is 5.32 Å². The van der Waals surface area contributed by atoms with E-state index in [-0.39, 0.29) is 17.6 Å². The summed E-state index contributed by atoms with van der Waals surface area (Å²) in [6, 6.07) is 11.9. The molecule has 0 bridgehead atoms. The molecule has 1 aromatic rings. The first kappa shape index (κ1) is 12.2. The van der Waals surface area contributed by atoms with Crippen molar-refractivity contribution in [2.75, 3.05) is 0 Å². The Bertz CT molecular complexity index is 502. The minimum Gasteiger partial charge on any atom is -0.461 e. The topological polar surface area (TPSA) is 62.1 Å². The molecule has 4 nitrogen and oxygen atoms in total. The van der Waals surface area contributed by atoms with Crippen molar-refractivity contribution < 1.29 is 9.53 Å². The summed E-state index contributed by atoms with van der Waals surface area (Å²) in [4.78, 5) is 11.1. The van der Waals surface area contributed by atoms with Crippen molar-refractivity contribution >= 4 is 5.91 Å². The lowest BCUT2D eigenvalue weighted by atomic mass is 9.92. The second-order valence-corrected chi connectivity index (χ2v) is 4.20. The van der Waals surface area contributed by atoms with Crippen LogP contribution in [0.25, 0.3) is 0 Å². The highest BCUT2D eigenvalue weighted by Crippen LogP contribution is 2.29. The Kier molecular flexibility index (Phi) is 3.63. The van der Waals surface area contributed by atoms with Gasteiger partial charge >= 0.3 is 0 Å². The van der Waals surface area contributed by atoms with Gasteiger partial charge in [-0.25, -0.2) is 0 Å². The average molecular weight is 242 g/mol. The van der Waals surface area contributed by atoms with E-state index in [1.807, 2.05) is 36.4 Å². The van der Waals surface area contributed by atoms with Crippen molar-refractivity contribution in [1.29, 1.82) is 5.26 Å². The summed E-state index contributed by atoms with van der Waals surface area (Å²) in [6.45, 7) is 1.44. The lowest BCUT2D eigenvalue weighted by Gasteiger charge is -2.27. The van der Waals surface area contributed by atoms with E-state index in [0.717, 1.165) is 5.56 Å². The number of carbonyl (C=O) groups excluding carboxylic acids is 1. The predicted octanol–water partition coefficient (Wildman–Crippen LogP) is 2.06.